The van der Waals surface area contributed by atoms with Crippen LogP contribution < -0.4 is 26.3 Å². The van der Waals surface area contributed by atoms with Gasteiger partial charge in [-0.3, -0.25) is 15.0 Å². The van der Waals surface area contributed by atoms with E-state index in [9.17, 15) is 14.0 Å². The molecular formula is C21H25FN4O5. The van der Waals surface area contributed by atoms with Crippen LogP contribution in [0.1, 0.15) is 29.7 Å². The molecule has 0 spiro atoms. The van der Waals surface area contributed by atoms with E-state index >= 15 is 0 Å². The van der Waals surface area contributed by atoms with E-state index in [0.29, 0.717) is 16.9 Å². The number of nitrogens with two attached hydrogens (primary N) is 2. The zero-order chi connectivity index (χ0) is 23.0. The number of methoxy groups -OCH3 is 1. The summed E-state index contributed by atoms with van der Waals surface area (Å²) >= 11 is 0. The Kier molecular flexibility index (Phi) is 8.33. The maximum Gasteiger partial charge on any atom is 0.255 e. The van der Waals surface area contributed by atoms with Gasteiger partial charge in [0, 0.05) is 35.9 Å². The summed E-state index contributed by atoms with van der Waals surface area (Å²) in [5.74, 6) is -1.53. The molecule has 1 atom stereocenters. The lowest BCUT2D eigenvalue weighted by atomic mass is 10.1. The Labute approximate surface area is 179 Å². The number of ether oxygens (including phenoxy) is 3. The lowest BCUT2D eigenvalue weighted by Crippen LogP contribution is -2.31. The van der Waals surface area contributed by atoms with Crippen LogP contribution in [-0.2, 0) is 20.9 Å². The fourth-order valence-electron chi connectivity index (χ4n) is 2.75. The van der Waals surface area contributed by atoms with Gasteiger partial charge in [0.25, 0.3) is 11.8 Å². The second kappa shape index (κ2) is 10.9. The zero-order valence-electron chi connectivity index (χ0n) is 17.2. The van der Waals surface area contributed by atoms with Gasteiger partial charge < -0.3 is 31.0 Å². The molecule has 2 aromatic carbocycles. The van der Waals surface area contributed by atoms with E-state index in [-0.39, 0.29) is 36.9 Å². The Hall–Kier alpha value is -3.66. The number of amidine groups is 1. The molecule has 0 saturated heterocycles. The van der Waals surface area contributed by atoms with E-state index in [2.05, 4.69) is 5.32 Å². The molecule has 0 aromatic heterocycles. The third-order valence-corrected chi connectivity index (χ3v) is 4.26. The van der Waals surface area contributed by atoms with Gasteiger partial charge in [0.15, 0.2) is 12.7 Å². The Morgan fingerprint density at radius 1 is 1.19 bits per heavy atom. The number of nitrogen functional groups attached to an aromatic ring is 1. The first-order chi connectivity index (χ1) is 14.8. The highest BCUT2D eigenvalue weighted by atomic mass is 19.1. The van der Waals surface area contributed by atoms with Crippen LogP contribution in [0, 0.1) is 11.2 Å². The van der Waals surface area contributed by atoms with E-state index in [4.69, 9.17) is 31.1 Å². The molecule has 0 aliphatic heterocycles. The summed E-state index contributed by atoms with van der Waals surface area (Å²) < 4.78 is 30.3. The summed E-state index contributed by atoms with van der Waals surface area (Å²) in [6.45, 7) is 1.48. The van der Waals surface area contributed by atoms with Gasteiger partial charge in [-0.1, -0.05) is 12.1 Å². The second-order valence-electron chi connectivity index (χ2n) is 6.43. The van der Waals surface area contributed by atoms with Crippen LogP contribution in [0.3, 0.4) is 0 Å². The van der Waals surface area contributed by atoms with E-state index < -0.39 is 23.7 Å². The average Bonchev–Trinajstić information content (AvgIpc) is 2.74. The third-order valence-electron chi connectivity index (χ3n) is 4.26. The summed E-state index contributed by atoms with van der Waals surface area (Å²) in [5, 5.41) is 10.2. The SMILES string of the molecule is CCOC(C(=O)NCc1ccc(C(=N)N)cc1OCC(N)=O)c1ccc(OC)cc1F. The van der Waals surface area contributed by atoms with Crippen molar-refractivity contribution in [3.63, 3.8) is 0 Å². The number of primary amides is 1. The molecule has 2 rings (SSSR count). The highest BCUT2D eigenvalue weighted by Crippen LogP contribution is 2.26. The number of halogens is 1. The van der Waals surface area contributed by atoms with Crippen LogP contribution in [0.2, 0.25) is 0 Å². The first-order valence-corrected chi connectivity index (χ1v) is 9.38. The van der Waals surface area contributed by atoms with Crippen LogP contribution in [0.15, 0.2) is 36.4 Å². The van der Waals surface area contributed by atoms with Crippen molar-refractivity contribution in [1.29, 1.82) is 5.41 Å². The first kappa shape index (κ1) is 23.6. The van der Waals surface area contributed by atoms with Gasteiger partial charge in [0.2, 0.25) is 0 Å². The lowest BCUT2D eigenvalue weighted by Gasteiger charge is -2.19. The number of carbonyl (C=O) groups excluding carboxylic acids is 2. The van der Waals surface area contributed by atoms with Gasteiger partial charge in [-0.05, 0) is 25.1 Å². The Morgan fingerprint density at radius 2 is 1.94 bits per heavy atom. The fraction of sp³-hybridized carbons (Fsp3) is 0.286. The molecule has 1 unspecified atom stereocenters. The number of rotatable bonds is 11. The molecule has 0 aliphatic carbocycles. The molecule has 0 aliphatic rings. The standard InChI is InChI=1S/C21H25FN4O5/c1-3-30-19(15-7-6-14(29-2)9-16(15)22)21(28)26-10-13-5-4-12(20(24)25)8-17(13)31-11-18(23)27/h4-9,19H,3,10-11H2,1-2H3,(H2,23,27)(H3,24,25)(H,26,28). The molecule has 2 aromatic rings. The minimum Gasteiger partial charge on any atom is -0.497 e. The third kappa shape index (κ3) is 6.41. The predicted molar refractivity (Wildman–Crippen MR) is 111 cm³/mol. The van der Waals surface area contributed by atoms with Crippen molar-refractivity contribution in [3.05, 3.63) is 58.9 Å². The second-order valence-corrected chi connectivity index (χ2v) is 6.43. The smallest absolute Gasteiger partial charge is 0.255 e. The van der Waals surface area contributed by atoms with Gasteiger partial charge in [-0.25, -0.2) is 4.39 Å². The van der Waals surface area contributed by atoms with E-state index in [1.807, 2.05) is 0 Å². The van der Waals surface area contributed by atoms with Crippen LogP contribution >= 0.6 is 0 Å². The average molecular weight is 432 g/mol. The maximum absolute atomic E-state index is 14.5. The van der Waals surface area contributed by atoms with Gasteiger partial charge >= 0.3 is 0 Å². The van der Waals surface area contributed by atoms with Gasteiger partial charge in [-0.2, -0.15) is 0 Å². The van der Waals surface area contributed by atoms with Crippen LogP contribution in [0.4, 0.5) is 4.39 Å². The Morgan fingerprint density at radius 3 is 2.52 bits per heavy atom. The molecule has 0 fully saturated rings. The normalized spacial score (nSPS) is 11.5. The predicted octanol–water partition coefficient (Wildman–Crippen LogP) is 1.38. The minimum atomic E-state index is -1.18. The number of amides is 2. The largest absolute Gasteiger partial charge is 0.497 e. The molecular weight excluding hydrogens is 407 g/mol. The molecule has 0 bridgehead atoms. The minimum absolute atomic E-state index is 0.00748. The van der Waals surface area contributed by atoms with Crippen molar-refractivity contribution in [3.8, 4) is 11.5 Å². The van der Waals surface area contributed by atoms with E-state index in [1.165, 1.54) is 31.4 Å². The molecule has 10 heteroatoms. The van der Waals surface area contributed by atoms with Crippen molar-refractivity contribution < 1.29 is 28.2 Å². The van der Waals surface area contributed by atoms with Crippen molar-refractivity contribution >= 4 is 17.6 Å². The lowest BCUT2D eigenvalue weighted by molar-refractivity contribution is -0.133. The van der Waals surface area contributed by atoms with Crippen LogP contribution in [0.25, 0.3) is 0 Å². The van der Waals surface area contributed by atoms with E-state index in [0.717, 1.165) is 0 Å². The monoisotopic (exact) mass is 432 g/mol. The summed E-state index contributed by atoms with van der Waals surface area (Å²) in [6, 6.07) is 8.77. The molecule has 31 heavy (non-hydrogen) atoms. The molecule has 0 heterocycles. The van der Waals surface area contributed by atoms with Crippen molar-refractivity contribution in [1.82, 2.24) is 5.32 Å². The summed E-state index contributed by atoms with van der Waals surface area (Å²) in [6.07, 6.45) is -1.18. The van der Waals surface area contributed by atoms with Crippen molar-refractivity contribution in [2.45, 2.75) is 19.6 Å². The van der Waals surface area contributed by atoms with Crippen molar-refractivity contribution in [2.24, 2.45) is 11.5 Å². The first-order valence-electron chi connectivity index (χ1n) is 9.38. The summed E-state index contributed by atoms with van der Waals surface area (Å²) in [5.41, 5.74) is 11.6. The molecule has 9 nitrogen and oxygen atoms in total. The van der Waals surface area contributed by atoms with Crippen molar-refractivity contribution in [2.75, 3.05) is 20.3 Å². The quantitative estimate of drug-likeness (QED) is 0.311. The summed E-state index contributed by atoms with van der Waals surface area (Å²) in [4.78, 5) is 23.8. The number of carbonyl (C=O) groups is 2. The number of hydrogen-bond donors (Lipinski definition) is 4. The molecule has 6 N–H and O–H groups in total. The molecule has 0 radical (unpaired) electrons. The van der Waals surface area contributed by atoms with Gasteiger partial charge in [0.1, 0.15) is 23.2 Å². The highest BCUT2D eigenvalue weighted by molar-refractivity contribution is 5.95. The molecule has 2 amide bonds. The maximum atomic E-state index is 14.5. The van der Waals surface area contributed by atoms with Gasteiger partial charge in [0.05, 0.1) is 7.11 Å². The number of hydrogen-bond acceptors (Lipinski definition) is 6. The zero-order valence-corrected chi connectivity index (χ0v) is 17.2. The Balaban J connectivity index is 2.21. The molecule has 166 valence electrons. The summed E-state index contributed by atoms with van der Waals surface area (Å²) in [7, 11) is 1.41. The van der Waals surface area contributed by atoms with Gasteiger partial charge in [-0.15, -0.1) is 0 Å². The molecule has 0 saturated carbocycles. The highest BCUT2D eigenvalue weighted by Gasteiger charge is 2.25. The number of nitrogens with one attached hydrogen (secondary N) is 2. The van der Waals surface area contributed by atoms with Crippen LogP contribution in [-0.4, -0.2) is 38.0 Å². The van der Waals surface area contributed by atoms with Crippen LogP contribution in [0.5, 0.6) is 11.5 Å². The number of benzene rings is 2. The fourth-order valence-corrected chi connectivity index (χ4v) is 2.75. The Bertz CT molecular complexity index is 967. The van der Waals surface area contributed by atoms with E-state index in [1.54, 1.807) is 19.1 Å². The topological polar surface area (TPSA) is 150 Å².